The van der Waals surface area contributed by atoms with Gasteiger partial charge in [0.25, 0.3) is 6.01 Å². The molecular formula is C15H21N3O. The molecule has 2 aromatic rings. The second kappa shape index (κ2) is 5.51. The Morgan fingerprint density at radius 1 is 1.26 bits per heavy atom. The molecule has 1 aromatic carbocycles. The number of fused-ring (bicyclic) bond motifs is 1. The molecule has 19 heavy (non-hydrogen) atoms. The van der Waals surface area contributed by atoms with Crippen molar-refractivity contribution >= 4 is 22.8 Å². The fourth-order valence-electron chi connectivity index (χ4n) is 2.90. The molecule has 0 radical (unpaired) electrons. The van der Waals surface area contributed by atoms with Crippen LogP contribution in [0.1, 0.15) is 38.5 Å². The van der Waals surface area contributed by atoms with Gasteiger partial charge in [-0.05, 0) is 24.5 Å². The Hall–Kier alpha value is -1.71. The third kappa shape index (κ3) is 2.83. The normalized spacial score (nSPS) is 16.8. The summed E-state index contributed by atoms with van der Waals surface area (Å²) >= 11 is 0. The average Bonchev–Trinajstić information content (AvgIpc) is 2.84. The van der Waals surface area contributed by atoms with E-state index in [-0.39, 0.29) is 0 Å². The molecule has 0 spiro atoms. The summed E-state index contributed by atoms with van der Waals surface area (Å²) in [6, 6.07) is 6.21. The van der Waals surface area contributed by atoms with Crippen LogP contribution in [-0.4, -0.2) is 11.5 Å². The second-order valence-corrected chi connectivity index (χ2v) is 5.43. The van der Waals surface area contributed by atoms with E-state index in [4.69, 9.17) is 10.2 Å². The van der Waals surface area contributed by atoms with Gasteiger partial charge in [-0.15, -0.1) is 0 Å². The van der Waals surface area contributed by atoms with Crippen LogP contribution in [-0.2, 0) is 0 Å². The van der Waals surface area contributed by atoms with Gasteiger partial charge in [0.2, 0.25) is 0 Å². The predicted molar refractivity (Wildman–Crippen MR) is 78.1 cm³/mol. The predicted octanol–water partition coefficient (Wildman–Crippen LogP) is 3.79. The lowest BCUT2D eigenvalue weighted by Gasteiger charge is -2.21. The van der Waals surface area contributed by atoms with Crippen molar-refractivity contribution in [2.45, 2.75) is 38.5 Å². The Bertz CT molecular complexity index is 543. The lowest BCUT2D eigenvalue weighted by molar-refractivity contribution is 0.345. The van der Waals surface area contributed by atoms with Crippen molar-refractivity contribution in [2.24, 2.45) is 5.92 Å². The van der Waals surface area contributed by atoms with Crippen LogP contribution in [0.3, 0.4) is 0 Å². The van der Waals surface area contributed by atoms with Gasteiger partial charge in [-0.25, -0.2) is 0 Å². The molecule has 0 atom stereocenters. The molecule has 102 valence electrons. The van der Waals surface area contributed by atoms with E-state index in [1.54, 1.807) is 0 Å². The van der Waals surface area contributed by atoms with Crippen LogP contribution < -0.4 is 11.1 Å². The number of oxazole rings is 1. The molecule has 0 amide bonds. The number of rotatable bonds is 4. The number of aromatic nitrogens is 1. The largest absolute Gasteiger partial charge is 0.423 e. The number of hydrogen-bond donors (Lipinski definition) is 2. The zero-order chi connectivity index (χ0) is 13.1. The number of nitrogens with two attached hydrogens (primary N) is 1. The summed E-state index contributed by atoms with van der Waals surface area (Å²) in [6.07, 6.45) is 8.15. The zero-order valence-corrected chi connectivity index (χ0v) is 11.2. The van der Waals surface area contributed by atoms with E-state index in [2.05, 4.69) is 10.3 Å². The van der Waals surface area contributed by atoms with Crippen molar-refractivity contribution in [3.63, 3.8) is 0 Å². The lowest BCUT2D eigenvalue weighted by atomic mass is 9.87. The first-order valence-electron chi connectivity index (χ1n) is 7.22. The Morgan fingerprint density at radius 2 is 2.11 bits per heavy atom. The molecule has 0 aliphatic heterocycles. The number of nitrogens with zero attached hydrogens (tertiary/aromatic N) is 1. The second-order valence-electron chi connectivity index (χ2n) is 5.43. The van der Waals surface area contributed by atoms with Crippen LogP contribution in [0.4, 0.5) is 11.7 Å². The molecule has 4 nitrogen and oxygen atoms in total. The van der Waals surface area contributed by atoms with Crippen LogP contribution >= 0.6 is 0 Å². The first-order chi connectivity index (χ1) is 9.33. The van der Waals surface area contributed by atoms with Crippen molar-refractivity contribution < 1.29 is 4.42 Å². The minimum Gasteiger partial charge on any atom is -0.423 e. The van der Waals surface area contributed by atoms with Gasteiger partial charge in [-0.3, -0.25) is 0 Å². The van der Waals surface area contributed by atoms with Crippen LogP contribution in [0.2, 0.25) is 0 Å². The maximum atomic E-state index is 5.86. The number of para-hydroxylation sites is 1. The number of nitrogens with one attached hydrogen (secondary N) is 1. The highest BCUT2D eigenvalue weighted by Gasteiger charge is 2.13. The average molecular weight is 259 g/mol. The first-order valence-corrected chi connectivity index (χ1v) is 7.22. The summed E-state index contributed by atoms with van der Waals surface area (Å²) in [5.41, 5.74) is 8.04. The van der Waals surface area contributed by atoms with Crippen LogP contribution in [0, 0.1) is 5.92 Å². The maximum absolute atomic E-state index is 5.86. The molecule has 0 bridgehead atoms. The van der Waals surface area contributed by atoms with Crippen molar-refractivity contribution in [3.05, 3.63) is 18.2 Å². The molecule has 1 aliphatic rings. The van der Waals surface area contributed by atoms with E-state index in [0.29, 0.717) is 11.7 Å². The standard InChI is InChI=1S/C15H21N3O/c16-12-7-4-8-13-14(12)18-15(19-13)17-10-9-11-5-2-1-3-6-11/h4,7-8,11H,1-3,5-6,9-10,16H2,(H,17,18). The highest BCUT2D eigenvalue weighted by atomic mass is 16.4. The van der Waals surface area contributed by atoms with Crippen LogP contribution in [0.25, 0.3) is 11.1 Å². The van der Waals surface area contributed by atoms with Crippen LogP contribution in [0.5, 0.6) is 0 Å². The monoisotopic (exact) mass is 259 g/mol. The number of nitrogen functional groups attached to an aromatic ring is 1. The van der Waals surface area contributed by atoms with Gasteiger partial charge in [-0.1, -0.05) is 38.2 Å². The number of anilines is 2. The molecule has 1 fully saturated rings. The molecular weight excluding hydrogens is 238 g/mol. The van der Waals surface area contributed by atoms with E-state index in [1.807, 2.05) is 18.2 Å². The van der Waals surface area contributed by atoms with Gasteiger partial charge < -0.3 is 15.5 Å². The summed E-state index contributed by atoms with van der Waals surface area (Å²) in [7, 11) is 0. The van der Waals surface area contributed by atoms with Gasteiger partial charge in [0.15, 0.2) is 5.58 Å². The molecule has 1 heterocycles. The number of benzene rings is 1. The molecule has 3 N–H and O–H groups in total. The highest BCUT2D eigenvalue weighted by Crippen LogP contribution is 2.27. The van der Waals surface area contributed by atoms with Gasteiger partial charge in [0, 0.05) is 6.54 Å². The molecule has 0 saturated heterocycles. The summed E-state index contributed by atoms with van der Waals surface area (Å²) in [6.45, 7) is 0.928. The first kappa shape index (κ1) is 12.3. The topological polar surface area (TPSA) is 64.1 Å². The van der Waals surface area contributed by atoms with E-state index in [1.165, 1.54) is 38.5 Å². The Morgan fingerprint density at radius 3 is 2.89 bits per heavy atom. The minimum absolute atomic E-state index is 0.587. The molecule has 1 saturated carbocycles. The van der Waals surface area contributed by atoms with E-state index in [0.717, 1.165) is 23.6 Å². The lowest BCUT2D eigenvalue weighted by Crippen LogP contribution is -2.12. The quantitative estimate of drug-likeness (QED) is 0.820. The summed E-state index contributed by atoms with van der Waals surface area (Å²) in [5, 5.41) is 3.28. The zero-order valence-electron chi connectivity index (χ0n) is 11.2. The fraction of sp³-hybridized carbons (Fsp3) is 0.533. The Balaban J connectivity index is 1.57. The fourth-order valence-corrected chi connectivity index (χ4v) is 2.90. The molecule has 3 rings (SSSR count). The van der Waals surface area contributed by atoms with E-state index in [9.17, 15) is 0 Å². The van der Waals surface area contributed by atoms with Gasteiger partial charge in [0.05, 0.1) is 5.69 Å². The molecule has 1 aliphatic carbocycles. The summed E-state index contributed by atoms with van der Waals surface area (Å²) in [5.74, 6) is 0.871. The van der Waals surface area contributed by atoms with Crippen molar-refractivity contribution in [1.29, 1.82) is 0 Å². The van der Waals surface area contributed by atoms with Crippen molar-refractivity contribution in [2.75, 3.05) is 17.6 Å². The van der Waals surface area contributed by atoms with Crippen molar-refractivity contribution in [3.8, 4) is 0 Å². The smallest absolute Gasteiger partial charge is 0.295 e. The Labute approximate surface area is 113 Å². The van der Waals surface area contributed by atoms with Gasteiger partial charge in [-0.2, -0.15) is 4.98 Å². The highest BCUT2D eigenvalue weighted by molar-refractivity contribution is 5.86. The van der Waals surface area contributed by atoms with Gasteiger partial charge in [0.1, 0.15) is 5.52 Å². The summed E-state index contributed by atoms with van der Waals surface area (Å²) in [4.78, 5) is 4.39. The Kier molecular flexibility index (Phi) is 3.58. The van der Waals surface area contributed by atoms with Crippen molar-refractivity contribution in [1.82, 2.24) is 4.98 Å². The molecule has 4 heteroatoms. The maximum Gasteiger partial charge on any atom is 0.295 e. The third-order valence-electron chi connectivity index (χ3n) is 4.00. The molecule has 1 aromatic heterocycles. The third-order valence-corrected chi connectivity index (χ3v) is 4.00. The summed E-state index contributed by atoms with van der Waals surface area (Å²) < 4.78 is 5.64. The SMILES string of the molecule is Nc1cccc2oc(NCCC3CCCCC3)nc12. The van der Waals surface area contributed by atoms with E-state index >= 15 is 0 Å². The number of hydrogen-bond acceptors (Lipinski definition) is 4. The minimum atomic E-state index is 0.587. The van der Waals surface area contributed by atoms with E-state index < -0.39 is 0 Å². The molecule has 0 unspecified atom stereocenters. The van der Waals surface area contributed by atoms with Crippen LogP contribution in [0.15, 0.2) is 22.6 Å². The van der Waals surface area contributed by atoms with Gasteiger partial charge >= 0.3 is 0 Å².